The molecule has 0 aromatic heterocycles. The van der Waals surface area contributed by atoms with Gasteiger partial charge in [0.25, 0.3) is 0 Å². The molecule has 0 N–H and O–H groups in total. The number of carbonyl (C=O) groups is 1. The molecular weight excluding hydrogens is 576 g/mol. The number of unbranched alkanes of at least 4 members (excludes halogenated alkanes) is 1. The Morgan fingerprint density at radius 2 is 1.68 bits per heavy atom. The van der Waals surface area contributed by atoms with E-state index >= 15 is 0 Å². The minimum Gasteiger partial charge on any atom is -0.444 e. The number of piperazine rings is 1. The number of nitrogens with zero attached hydrogens (tertiary/aromatic N) is 4. The summed E-state index contributed by atoms with van der Waals surface area (Å²) in [5.41, 5.74) is 4.51. The van der Waals surface area contributed by atoms with Crippen molar-refractivity contribution in [1.29, 1.82) is 5.26 Å². The molecular formula is C34H53BrN4O2. The molecule has 41 heavy (non-hydrogen) atoms. The Kier molecular flexibility index (Phi) is 19.5. The Morgan fingerprint density at radius 3 is 2.17 bits per heavy atom. The third-order valence-corrected chi connectivity index (χ3v) is 6.90. The molecule has 0 aliphatic carbocycles. The standard InChI is InChI=1S/C21H34BrN3O2.C13H19N/c1-8-10-11-23-16(3)19(18(22)9-2)17(4)24-12-14-25(15-13-24)20(26)27-21(5,6)7;1-4-6-7-9-13(11-14)10-12(3)8-5-2/h9-11H,8,12-15H2,1-7H3;7,9-10H,3-6,8H2,1-2H3/b11-10+,18-9+,19-17-,23-16+;9-7-,13-10+. The molecule has 228 valence electrons. The first kappa shape index (κ1) is 38.1. The fourth-order valence-electron chi connectivity index (χ4n) is 3.90. The fraction of sp³-hybridized carbons (Fsp3) is 0.559. The van der Waals surface area contributed by atoms with Crippen LogP contribution in [0.5, 0.6) is 0 Å². The predicted molar refractivity (Wildman–Crippen MR) is 179 cm³/mol. The summed E-state index contributed by atoms with van der Waals surface area (Å²) in [7, 11) is 0. The third-order valence-electron chi connectivity index (χ3n) is 6.04. The molecule has 0 aromatic carbocycles. The van der Waals surface area contributed by atoms with Crippen LogP contribution in [0.4, 0.5) is 4.79 Å². The average molecular weight is 630 g/mol. The highest BCUT2D eigenvalue weighted by atomic mass is 79.9. The Labute approximate surface area is 259 Å². The van der Waals surface area contributed by atoms with Crippen LogP contribution in [-0.4, -0.2) is 53.4 Å². The van der Waals surface area contributed by atoms with Gasteiger partial charge in [-0.05, 0) is 73.0 Å². The topological polar surface area (TPSA) is 68.9 Å². The first-order valence-corrected chi connectivity index (χ1v) is 15.6. The van der Waals surface area contributed by atoms with Gasteiger partial charge in [-0.15, -0.1) is 0 Å². The lowest BCUT2D eigenvalue weighted by atomic mass is 10.1. The quantitative estimate of drug-likeness (QED) is 0.130. The molecule has 1 heterocycles. The molecule has 1 amide bonds. The molecule has 1 rings (SSSR count). The van der Waals surface area contributed by atoms with Crippen LogP contribution in [-0.2, 0) is 4.74 Å². The van der Waals surface area contributed by atoms with E-state index in [0.717, 1.165) is 72.2 Å². The molecule has 0 unspecified atom stereocenters. The van der Waals surface area contributed by atoms with Gasteiger partial charge in [-0.25, -0.2) is 4.79 Å². The number of aliphatic imine (C=N–C) groups is 1. The first-order valence-electron chi connectivity index (χ1n) is 14.8. The van der Waals surface area contributed by atoms with E-state index in [1.807, 2.05) is 71.2 Å². The van der Waals surface area contributed by atoms with Gasteiger partial charge >= 0.3 is 6.09 Å². The highest BCUT2D eigenvalue weighted by Crippen LogP contribution is 2.26. The van der Waals surface area contributed by atoms with E-state index in [1.165, 1.54) is 0 Å². The van der Waals surface area contributed by atoms with E-state index in [0.29, 0.717) is 18.7 Å². The van der Waals surface area contributed by atoms with Crippen LogP contribution in [0, 0.1) is 11.3 Å². The van der Waals surface area contributed by atoms with Gasteiger partial charge in [0, 0.05) is 53.8 Å². The largest absolute Gasteiger partial charge is 0.444 e. The maximum Gasteiger partial charge on any atom is 0.410 e. The molecule has 0 aromatic rings. The molecule has 0 bridgehead atoms. The maximum atomic E-state index is 12.3. The predicted octanol–water partition coefficient (Wildman–Crippen LogP) is 9.65. The number of allylic oxidation sites excluding steroid dienone is 10. The van der Waals surface area contributed by atoms with Crippen molar-refractivity contribution in [2.75, 3.05) is 26.2 Å². The molecule has 6 nitrogen and oxygen atoms in total. The van der Waals surface area contributed by atoms with Crippen molar-refractivity contribution in [3.63, 3.8) is 0 Å². The first-order chi connectivity index (χ1) is 19.3. The average Bonchev–Trinajstić information content (AvgIpc) is 2.92. The summed E-state index contributed by atoms with van der Waals surface area (Å²) in [4.78, 5) is 20.9. The second-order valence-corrected chi connectivity index (χ2v) is 11.7. The molecule has 0 radical (unpaired) electrons. The second-order valence-electron chi connectivity index (χ2n) is 10.9. The molecule has 0 atom stereocenters. The van der Waals surface area contributed by atoms with Gasteiger partial charge in [-0.3, -0.25) is 4.99 Å². The number of rotatable bonds is 11. The summed E-state index contributed by atoms with van der Waals surface area (Å²) in [6.45, 7) is 24.9. The van der Waals surface area contributed by atoms with Gasteiger partial charge in [0.15, 0.2) is 0 Å². The van der Waals surface area contributed by atoms with Crippen LogP contribution in [0.1, 0.15) is 94.4 Å². The number of halogens is 1. The Hall–Kier alpha value is -2.85. The van der Waals surface area contributed by atoms with Crippen molar-refractivity contribution in [2.45, 2.75) is 100 Å². The van der Waals surface area contributed by atoms with Crippen molar-refractivity contribution in [1.82, 2.24) is 9.80 Å². The highest BCUT2D eigenvalue weighted by Gasteiger charge is 2.27. The van der Waals surface area contributed by atoms with E-state index in [1.54, 1.807) is 4.90 Å². The molecule has 1 saturated heterocycles. The zero-order valence-electron chi connectivity index (χ0n) is 27.0. The highest BCUT2D eigenvalue weighted by molar-refractivity contribution is 9.12. The molecule has 1 aliphatic rings. The van der Waals surface area contributed by atoms with E-state index in [4.69, 9.17) is 10.00 Å². The Balaban J connectivity index is 0.000000964. The lowest BCUT2D eigenvalue weighted by Gasteiger charge is -2.38. The van der Waals surface area contributed by atoms with Crippen LogP contribution in [0.15, 0.2) is 75.1 Å². The SMILES string of the molecule is C=C(/C=C(C#N)\C=C/CCC)CCC.C\C=C(Br)/C(=C(/C)N1CCN(C(=O)OC(C)(C)C)CC1)C(/C)=N/C=C/CC. The minimum absolute atomic E-state index is 0.235. The summed E-state index contributed by atoms with van der Waals surface area (Å²) in [5.74, 6) is 0. The molecule has 1 aliphatic heterocycles. The molecule has 0 spiro atoms. The van der Waals surface area contributed by atoms with Gasteiger partial charge in [0.05, 0.1) is 11.6 Å². The monoisotopic (exact) mass is 628 g/mol. The maximum absolute atomic E-state index is 12.3. The van der Waals surface area contributed by atoms with Gasteiger partial charge < -0.3 is 14.5 Å². The van der Waals surface area contributed by atoms with Crippen molar-refractivity contribution < 1.29 is 9.53 Å². The zero-order valence-corrected chi connectivity index (χ0v) is 28.6. The van der Waals surface area contributed by atoms with Crippen LogP contribution >= 0.6 is 15.9 Å². The summed E-state index contributed by atoms with van der Waals surface area (Å²) >= 11 is 3.68. The summed E-state index contributed by atoms with van der Waals surface area (Å²) in [6, 6.07) is 2.16. The molecule has 0 saturated carbocycles. The van der Waals surface area contributed by atoms with Gasteiger partial charge in [-0.1, -0.05) is 79.9 Å². The number of amides is 1. The van der Waals surface area contributed by atoms with Crippen molar-refractivity contribution in [3.8, 4) is 6.07 Å². The minimum atomic E-state index is -0.465. The Morgan fingerprint density at radius 1 is 1.07 bits per heavy atom. The zero-order chi connectivity index (χ0) is 31.4. The second kappa shape index (κ2) is 20.9. The van der Waals surface area contributed by atoms with Crippen LogP contribution in [0.25, 0.3) is 0 Å². The number of nitriles is 1. The fourth-order valence-corrected chi connectivity index (χ4v) is 4.48. The van der Waals surface area contributed by atoms with Crippen LogP contribution in [0.2, 0.25) is 0 Å². The third kappa shape index (κ3) is 16.2. The van der Waals surface area contributed by atoms with Gasteiger partial charge in [-0.2, -0.15) is 5.26 Å². The number of hydrogen-bond acceptors (Lipinski definition) is 5. The van der Waals surface area contributed by atoms with E-state index in [2.05, 4.69) is 66.2 Å². The van der Waals surface area contributed by atoms with Crippen molar-refractivity contribution in [3.05, 3.63) is 70.1 Å². The lowest BCUT2D eigenvalue weighted by Crippen LogP contribution is -2.49. The van der Waals surface area contributed by atoms with Crippen LogP contribution in [0.3, 0.4) is 0 Å². The van der Waals surface area contributed by atoms with Gasteiger partial charge in [0.2, 0.25) is 0 Å². The van der Waals surface area contributed by atoms with Crippen LogP contribution < -0.4 is 0 Å². The van der Waals surface area contributed by atoms with E-state index in [9.17, 15) is 4.79 Å². The number of carbonyl (C=O) groups excluding carboxylic acids is 1. The number of hydrogen-bond donors (Lipinski definition) is 0. The lowest BCUT2D eigenvalue weighted by molar-refractivity contribution is 0.0168. The molecule has 1 fully saturated rings. The summed E-state index contributed by atoms with van der Waals surface area (Å²) < 4.78 is 6.51. The van der Waals surface area contributed by atoms with E-state index in [-0.39, 0.29) is 6.09 Å². The molecule has 7 heteroatoms. The van der Waals surface area contributed by atoms with E-state index < -0.39 is 5.60 Å². The Bertz CT molecular complexity index is 1060. The van der Waals surface area contributed by atoms with Crippen molar-refractivity contribution in [2.24, 2.45) is 4.99 Å². The summed E-state index contributed by atoms with van der Waals surface area (Å²) in [5, 5.41) is 8.83. The smallest absolute Gasteiger partial charge is 0.410 e. The van der Waals surface area contributed by atoms with Gasteiger partial charge in [0.1, 0.15) is 5.60 Å². The normalized spacial score (nSPS) is 15.9. The number of ether oxygens (including phenoxy) is 1. The summed E-state index contributed by atoms with van der Waals surface area (Å²) in [6.07, 6.45) is 16.6. The van der Waals surface area contributed by atoms with Crippen molar-refractivity contribution >= 4 is 27.7 Å².